The van der Waals surface area contributed by atoms with E-state index in [0.29, 0.717) is 11.8 Å². The first kappa shape index (κ1) is 16.1. The molecule has 2 amide bonds. The molecule has 0 unspecified atom stereocenters. The number of nitrogens with one attached hydrogen (secondary N) is 1. The molecule has 0 aliphatic carbocycles. The van der Waals surface area contributed by atoms with Crippen molar-refractivity contribution in [1.82, 2.24) is 9.80 Å². The number of hydrogen-bond donors (Lipinski definition) is 1. The van der Waals surface area contributed by atoms with Crippen LogP contribution in [0.1, 0.15) is 32.1 Å². The molecule has 1 aromatic carbocycles. The summed E-state index contributed by atoms with van der Waals surface area (Å²) in [6.07, 6.45) is 6.09. The lowest BCUT2D eigenvalue weighted by molar-refractivity contribution is 0.174. The van der Waals surface area contributed by atoms with Crippen LogP contribution in [0.4, 0.5) is 10.5 Å². The molecular weight excluding hydrogens is 290 g/mol. The standard InChI is InChI=1S/C18H27N3O2/c1-23-17-10-3-2-9-16(17)19-18(22)21-13-5-4-8-15(14-21)20-11-6-7-12-20/h2-3,9-10,15H,4-8,11-14H2,1H3,(H,19,22)/t15-/m1/s1. The number of carbonyl (C=O) groups excluding carboxylic acids is 1. The lowest BCUT2D eigenvalue weighted by Gasteiger charge is -2.30. The Kier molecular flexibility index (Phi) is 5.39. The minimum absolute atomic E-state index is 0.0133. The highest BCUT2D eigenvalue weighted by atomic mass is 16.5. The number of ether oxygens (including phenoxy) is 1. The number of anilines is 1. The summed E-state index contributed by atoms with van der Waals surface area (Å²) in [7, 11) is 1.63. The van der Waals surface area contributed by atoms with Gasteiger partial charge >= 0.3 is 6.03 Å². The Morgan fingerprint density at radius 1 is 1.13 bits per heavy atom. The van der Waals surface area contributed by atoms with Crippen molar-refractivity contribution in [3.63, 3.8) is 0 Å². The van der Waals surface area contributed by atoms with E-state index in [-0.39, 0.29) is 6.03 Å². The lowest BCUT2D eigenvalue weighted by atomic mass is 10.1. The van der Waals surface area contributed by atoms with E-state index in [4.69, 9.17) is 4.74 Å². The van der Waals surface area contributed by atoms with Gasteiger partial charge in [-0.15, -0.1) is 0 Å². The molecule has 2 aliphatic rings. The fourth-order valence-corrected chi connectivity index (χ4v) is 3.65. The molecule has 126 valence electrons. The van der Waals surface area contributed by atoms with Crippen LogP contribution in [0.15, 0.2) is 24.3 Å². The molecule has 0 radical (unpaired) electrons. The minimum atomic E-state index is -0.0133. The summed E-state index contributed by atoms with van der Waals surface area (Å²) in [5, 5.41) is 3.01. The normalized spacial score (nSPS) is 22.7. The Balaban J connectivity index is 1.65. The SMILES string of the molecule is COc1ccccc1NC(=O)N1CCCC[C@@H](N2CCCC2)C1. The molecule has 2 saturated heterocycles. The van der Waals surface area contributed by atoms with E-state index in [1.54, 1.807) is 7.11 Å². The zero-order valence-corrected chi connectivity index (χ0v) is 14.0. The number of amides is 2. The van der Waals surface area contributed by atoms with Crippen molar-refractivity contribution in [1.29, 1.82) is 0 Å². The Hall–Kier alpha value is -1.75. The number of rotatable bonds is 3. The summed E-state index contributed by atoms with van der Waals surface area (Å²) in [5.74, 6) is 0.701. The first-order valence-electron chi connectivity index (χ1n) is 8.71. The summed E-state index contributed by atoms with van der Waals surface area (Å²) >= 11 is 0. The van der Waals surface area contributed by atoms with Crippen molar-refractivity contribution in [2.24, 2.45) is 0 Å². The number of urea groups is 1. The van der Waals surface area contributed by atoms with Crippen LogP contribution in [0.25, 0.3) is 0 Å². The molecule has 1 atom stereocenters. The van der Waals surface area contributed by atoms with Crippen LogP contribution in [0.2, 0.25) is 0 Å². The largest absolute Gasteiger partial charge is 0.495 e. The van der Waals surface area contributed by atoms with Crippen LogP contribution < -0.4 is 10.1 Å². The third kappa shape index (κ3) is 3.96. The number of hydrogen-bond acceptors (Lipinski definition) is 3. The van der Waals surface area contributed by atoms with Crippen LogP contribution in [0.3, 0.4) is 0 Å². The number of carbonyl (C=O) groups is 1. The molecule has 5 heteroatoms. The fraction of sp³-hybridized carbons (Fsp3) is 0.611. The van der Waals surface area contributed by atoms with E-state index in [1.165, 1.54) is 38.8 Å². The molecule has 2 aliphatic heterocycles. The number of nitrogens with zero attached hydrogens (tertiary/aromatic N) is 2. The van der Waals surface area contributed by atoms with Crippen LogP contribution in [-0.2, 0) is 0 Å². The van der Waals surface area contributed by atoms with Crippen molar-refractivity contribution < 1.29 is 9.53 Å². The van der Waals surface area contributed by atoms with Gasteiger partial charge in [-0.1, -0.05) is 18.6 Å². The summed E-state index contributed by atoms with van der Waals surface area (Å²) in [6.45, 7) is 4.05. The van der Waals surface area contributed by atoms with Crippen molar-refractivity contribution in [2.75, 3.05) is 38.6 Å². The smallest absolute Gasteiger partial charge is 0.322 e. The molecule has 2 heterocycles. The Labute approximate surface area is 138 Å². The quantitative estimate of drug-likeness (QED) is 0.931. The van der Waals surface area contributed by atoms with Gasteiger partial charge in [0.15, 0.2) is 0 Å². The van der Waals surface area contributed by atoms with Crippen LogP contribution in [-0.4, -0.2) is 55.2 Å². The van der Waals surface area contributed by atoms with Gasteiger partial charge in [-0.3, -0.25) is 4.90 Å². The van der Waals surface area contributed by atoms with E-state index >= 15 is 0 Å². The van der Waals surface area contributed by atoms with Crippen LogP contribution in [0, 0.1) is 0 Å². The number of methoxy groups -OCH3 is 1. The maximum Gasteiger partial charge on any atom is 0.322 e. The predicted molar refractivity (Wildman–Crippen MR) is 92.0 cm³/mol. The van der Waals surface area contributed by atoms with E-state index in [9.17, 15) is 4.79 Å². The summed E-state index contributed by atoms with van der Waals surface area (Å²) in [6, 6.07) is 8.07. The monoisotopic (exact) mass is 317 g/mol. The molecular formula is C18H27N3O2. The van der Waals surface area contributed by atoms with Crippen LogP contribution >= 0.6 is 0 Å². The summed E-state index contributed by atoms with van der Waals surface area (Å²) in [4.78, 5) is 17.2. The molecule has 0 saturated carbocycles. The Morgan fingerprint density at radius 3 is 2.65 bits per heavy atom. The third-order valence-electron chi connectivity index (χ3n) is 4.94. The maximum absolute atomic E-state index is 12.7. The third-order valence-corrected chi connectivity index (χ3v) is 4.94. The Bertz CT molecular complexity index is 529. The van der Waals surface area contributed by atoms with Gasteiger partial charge in [-0.05, 0) is 50.9 Å². The van der Waals surface area contributed by atoms with Gasteiger partial charge < -0.3 is 15.0 Å². The number of likely N-dealkylation sites (tertiary alicyclic amines) is 2. The van der Waals surface area contributed by atoms with Gasteiger partial charge in [0.1, 0.15) is 5.75 Å². The second kappa shape index (κ2) is 7.68. The van der Waals surface area contributed by atoms with Gasteiger partial charge in [0, 0.05) is 19.1 Å². The van der Waals surface area contributed by atoms with Gasteiger partial charge in [0.2, 0.25) is 0 Å². The number of para-hydroxylation sites is 2. The molecule has 0 aromatic heterocycles. The van der Waals surface area contributed by atoms with Gasteiger partial charge in [-0.25, -0.2) is 4.79 Å². The van der Waals surface area contributed by atoms with E-state index in [1.807, 2.05) is 29.2 Å². The maximum atomic E-state index is 12.7. The predicted octanol–water partition coefficient (Wildman–Crippen LogP) is 3.18. The second-order valence-corrected chi connectivity index (χ2v) is 6.47. The van der Waals surface area contributed by atoms with Crippen LogP contribution in [0.5, 0.6) is 5.75 Å². The van der Waals surface area contributed by atoms with E-state index in [2.05, 4.69) is 10.2 Å². The minimum Gasteiger partial charge on any atom is -0.495 e. The zero-order valence-electron chi connectivity index (χ0n) is 14.0. The van der Waals surface area contributed by atoms with Gasteiger partial charge in [-0.2, -0.15) is 0 Å². The highest BCUT2D eigenvalue weighted by Crippen LogP contribution is 2.25. The van der Waals surface area contributed by atoms with Crippen molar-refractivity contribution >= 4 is 11.7 Å². The van der Waals surface area contributed by atoms with Crippen molar-refractivity contribution in [3.8, 4) is 5.75 Å². The van der Waals surface area contributed by atoms with Gasteiger partial charge in [0.05, 0.1) is 12.8 Å². The number of benzene rings is 1. The van der Waals surface area contributed by atoms with E-state index < -0.39 is 0 Å². The Morgan fingerprint density at radius 2 is 1.87 bits per heavy atom. The highest BCUT2D eigenvalue weighted by Gasteiger charge is 2.28. The molecule has 0 spiro atoms. The second-order valence-electron chi connectivity index (χ2n) is 6.47. The molecule has 2 fully saturated rings. The highest BCUT2D eigenvalue weighted by molar-refractivity contribution is 5.91. The zero-order chi connectivity index (χ0) is 16.1. The first-order chi connectivity index (χ1) is 11.3. The molecule has 1 N–H and O–H groups in total. The fourth-order valence-electron chi connectivity index (χ4n) is 3.65. The van der Waals surface area contributed by atoms with Gasteiger partial charge in [0.25, 0.3) is 0 Å². The lowest BCUT2D eigenvalue weighted by Crippen LogP contribution is -2.45. The summed E-state index contributed by atoms with van der Waals surface area (Å²) in [5.41, 5.74) is 0.738. The molecule has 5 nitrogen and oxygen atoms in total. The molecule has 23 heavy (non-hydrogen) atoms. The molecule has 0 bridgehead atoms. The van der Waals surface area contributed by atoms with E-state index in [0.717, 1.165) is 25.2 Å². The average Bonchev–Trinajstić information content (AvgIpc) is 3.00. The molecule has 3 rings (SSSR count). The summed E-state index contributed by atoms with van der Waals surface area (Å²) < 4.78 is 5.32. The average molecular weight is 317 g/mol. The van der Waals surface area contributed by atoms with Crippen molar-refractivity contribution in [2.45, 2.75) is 38.1 Å². The first-order valence-corrected chi connectivity index (χ1v) is 8.71. The van der Waals surface area contributed by atoms with Crippen molar-refractivity contribution in [3.05, 3.63) is 24.3 Å². The topological polar surface area (TPSA) is 44.8 Å². The molecule has 1 aromatic rings.